The normalized spacial score (nSPS) is 11.8. The standard InChI is InChI=1S/C6HBr2F4N/c7-2-1-3(6(10,11)12)13-5(8)4(2)9/h1H. The quantitative estimate of drug-likeness (QED) is 0.523. The summed E-state index contributed by atoms with van der Waals surface area (Å²) >= 11 is 5.22. The van der Waals surface area contributed by atoms with Gasteiger partial charge in [-0.15, -0.1) is 0 Å². The van der Waals surface area contributed by atoms with Crippen LogP contribution in [0.1, 0.15) is 5.69 Å². The molecule has 1 heterocycles. The number of halogens is 6. The lowest BCUT2D eigenvalue weighted by Crippen LogP contribution is -2.08. The highest BCUT2D eigenvalue weighted by Gasteiger charge is 2.33. The summed E-state index contributed by atoms with van der Waals surface area (Å²) in [4.78, 5) is 2.99. The molecule has 0 fully saturated rings. The summed E-state index contributed by atoms with van der Waals surface area (Å²) < 4.78 is 48.2. The van der Waals surface area contributed by atoms with E-state index in [0.29, 0.717) is 6.07 Å². The van der Waals surface area contributed by atoms with E-state index in [0.717, 1.165) is 0 Å². The second-order valence-electron chi connectivity index (χ2n) is 2.09. The van der Waals surface area contributed by atoms with Crippen LogP contribution in [0.4, 0.5) is 17.6 Å². The molecule has 0 saturated heterocycles. The molecule has 0 N–H and O–H groups in total. The number of nitrogens with zero attached hydrogens (tertiary/aromatic N) is 1. The fourth-order valence-electron chi connectivity index (χ4n) is 0.614. The van der Waals surface area contributed by atoms with Gasteiger partial charge in [0.15, 0.2) is 5.82 Å². The van der Waals surface area contributed by atoms with Crippen LogP contribution in [0.25, 0.3) is 0 Å². The molecule has 0 spiro atoms. The molecular weight excluding hydrogens is 322 g/mol. The van der Waals surface area contributed by atoms with Crippen LogP contribution >= 0.6 is 31.9 Å². The van der Waals surface area contributed by atoms with Crippen molar-refractivity contribution < 1.29 is 17.6 Å². The highest BCUT2D eigenvalue weighted by Crippen LogP contribution is 2.32. The maximum absolute atomic E-state index is 12.8. The van der Waals surface area contributed by atoms with Crippen LogP contribution < -0.4 is 0 Å². The molecule has 1 aromatic rings. The Bertz CT molecular complexity index is 313. The van der Waals surface area contributed by atoms with Gasteiger partial charge < -0.3 is 0 Å². The van der Waals surface area contributed by atoms with Crippen molar-refractivity contribution in [3.63, 3.8) is 0 Å². The summed E-state index contributed by atoms with van der Waals surface area (Å²) in [5, 5.41) is 0. The Morgan fingerprint density at radius 2 is 1.77 bits per heavy atom. The van der Waals surface area contributed by atoms with E-state index < -0.39 is 22.3 Å². The van der Waals surface area contributed by atoms with Gasteiger partial charge in [0.2, 0.25) is 0 Å². The number of hydrogen-bond donors (Lipinski definition) is 0. The summed E-state index contributed by atoms with van der Waals surface area (Å²) in [5.74, 6) is -0.854. The Kier molecular flexibility index (Phi) is 2.96. The van der Waals surface area contributed by atoms with E-state index in [9.17, 15) is 17.6 Å². The summed E-state index contributed by atoms with van der Waals surface area (Å²) in [6.45, 7) is 0. The van der Waals surface area contributed by atoms with Gasteiger partial charge in [-0.05, 0) is 37.9 Å². The Morgan fingerprint density at radius 1 is 1.23 bits per heavy atom. The molecule has 7 heteroatoms. The lowest BCUT2D eigenvalue weighted by molar-refractivity contribution is -0.141. The van der Waals surface area contributed by atoms with Crippen LogP contribution in [0, 0.1) is 5.82 Å². The highest BCUT2D eigenvalue weighted by atomic mass is 79.9. The van der Waals surface area contributed by atoms with Crippen molar-refractivity contribution in [2.45, 2.75) is 6.18 Å². The van der Waals surface area contributed by atoms with Crippen molar-refractivity contribution in [1.82, 2.24) is 4.98 Å². The van der Waals surface area contributed by atoms with Gasteiger partial charge in [0.1, 0.15) is 10.3 Å². The van der Waals surface area contributed by atoms with Crippen molar-refractivity contribution >= 4 is 31.9 Å². The first-order valence-electron chi connectivity index (χ1n) is 2.91. The lowest BCUT2D eigenvalue weighted by Gasteiger charge is -2.06. The summed E-state index contributed by atoms with van der Waals surface area (Å²) in [7, 11) is 0. The molecule has 1 aromatic heterocycles. The maximum Gasteiger partial charge on any atom is 0.433 e. The lowest BCUT2D eigenvalue weighted by atomic mass is 10.3. The van der Waals surface area contributed by atoms with Crippen LogP contribution in [-0.2, 0) is 6.18 Å². The SMILES string of the molecule is Fc1c(Br)cc(C(F)(F)F)nc1Br. The van der Waals surface area contributed by atoms with E-state index in [4.69, 9.17) is 0 Å². The van der Waals surface area contributed by atoms with E-state index in [1.807, 2.05) is 0 Å². The predicted molar refractivity (Wildman–Crippen MR) is 44.6 cm³/mol. The van der Waals surface area contributed by atoms with E-state index in [1.165, 1.54) is 0 Å². The van der Waals surface area contributed by atoms with Gasteiger partial charge in [-0.25, -0.2) is 9.37 Å². The molecule has 1 rings (SSSR count). The Balaban J connectivity index is 3.29. The highest BCUT2D eigenvalue weighted by molar-refractivity contribution is 9.11. The number of aromatic nitrogens is 1. The fraction of sp³-hybridized carbons (Fsp3) is 0.167. The zero-order chi connectivity index (χ0) is 10.2. The molecule has 0 aliphatic rings. The first-order chi connectivity index (χ1) is 5.82. The van der Waals surface area contributed by atoms with Gasteiger partial charge in [0.25, 0.3) is 0 Å². The molecule has 13 heavy (non-hydrogen) atoms. The average Bonchev–Trinajstić information content (AvgIpc) is 1.97. The molecule has 0 saturated carbocycles. The van der Waals surface area contributed by atoms with Gasteiger partial charge in [0.05, 0.1) is 4.47 Å². The molecule has 1 nitrogen and oxygen atoms in total. The minimum Gasteiger partial charge on any atom is -0.233 e. The molecule has 0 bridgehead atoms. The average molecular weight is 323 g/mol. The van der Waals surface area contributed by atoms with Crippen molar-refractivity contribution in [3.05, 3.63) is 26.7 Å². The number of hydrogen-bond acceptors (Lipinski definition) is 1. The van der Waals surface area contributed by atoms with Crippen LogP contribution in [0.3, 0.4) is 0 Å². The van der Waals surface area contributed by atoms with Crippen molar-refractivity contribution in [3.8, 4) is 0 Å². The molecule has 0 atom stereocenters. The Hall–Kier alpha value is -0.170. The largest absolute Gasteiger partial charge is 0.433 e. The minimum absolute atomic E-state index is 0.276. The molecule has 0 aromatic carbocycles. The maximum atomic E-state index is 12.8. The van der Waals surface area contributed by atoms with Gasteiger partial charge in [-0.2, -0.15) is 13.2 Å². The third-order valence-electron chi connectivity index (χ3n) is 1.16. The van der Waals surface area contributed by atoms with Crippen molar-refractivity contribution in [2.75, 3.05) is 0 Å². The molecular formula is C6HBr2F4N. The first kappa shape index (κ1) is 10.9. The summed E-state index contributed by atoms with van der Waals surface area (Å²) in [6, 6.07) is 0.583. The molecule has 0 amide bonds. The smallest absolute Gasteiger partial charge is 0.233 e. The number of pyridine rings is 1. The van der Waals surface area contributed by atoms with Gasteiger partial charge in [-0.3, -0.25) is 0 Å². The minimum atomic E-state index is -4.57. The topological polar surface area (TPSA) is 12.9 Å². The van der Waals surface area contributed by atoms with Crippen LogP contribution in [0.5, 0.6) is 0 Å². The van der Waals surface area contributed by atoms with Crippen molar-refractivity contribution in [2.24, 2.45) is 0 Å². The molecule has 0 radical (unpaired) electrons. The predicted octanol–water partition coefficient (Wildman–Crippen LogP) is 3.76. The van der Waals surface area contributed by atoms with E-state index in [-0.39, 0.29) is 4.47 Å². The fourth-order valence-corrected chi connectivity index (χ4v) is 1.69. The van der Waals surface area contributed by atoms with Crippen LogP contribution in [-0.4, -0.2) is 4.98 Å². The van der Waals surface area contributed by atoms with Crippen LogP contribution in [0.15, 0.2) is 15.1 Å². The van der Waals surface area contributed by atoms with Gasteiger partial charge >= 0.3 is 6.18 Å². The number of alkyl halides is 3. The Labute approximate surface area is 87.4 Å². The molecule has 0 unspecified atom stereocenters. The summed E-state index contributed by atoms with van der Waals surface area (Å²) in [6.07, 6.45) is -4.57. The van der Waals surface area contributed by atoms with E-state index in [2.05, 4.69) is 36.8 Å². The van der Waals surface area contributed by atoms with E-state index in [1.54, 1.807) is 0 Å². The molecule has 72 valence electrons. The zero-order valence-corrected chi connectivity index (χ0v) is 8.96. The third kappa shape index (κ3) is 2.40. The van der Waals surface area contributed by atoms with E-state index >= 15 is 0 Å². The molecule has 0 aliphatic heterocycles. The number of rotatable bonds is 0. The Morgan fingerprint density at radius 3 is 2.15 bits per heavy atom. The van der Waals surface area contributed by atoms with Crippen molar-refractivity contribution in [1.29, 1.82) is 0 Å². The van der Waals surface area contributed by atoms with Crippen LogP contribution in [0.2, 0.25) is 0 Å². The zero-order valence-electron chi connectivity index (χ0n) is 5.79. The second-order valence-corrected chi connectivity index (χ2v) is 3.70. The summed E-state index contributed by atoms with van der Waals surface area (Å²) in [5.41, 5.74) is -1.15. The monoisotopic (exact) mass is 321 g/mol. The van der Waals surface area contributed by atoms with Gasteiger partial charge in [0, 0.05) is 0 Å². The first-order valence-corrected chi connectivity index (χ1v) is 4.49. The van der Waals surface area contributed by atoms with Gasteiger partial charge in [-0.1, -0.05) is 0 Å². The molecule has 0 aliphatic carbocycles. The second kappa shape index (κ2) is 3.53. The third-order valence-corrected chi connectivity index (χ3v) is 2.27.